The first-order valence-corrected chi connectivity index (χ1v) is 8.12. The molecule has 2 heterocycles. The van der Waals surface area contributed by atoms with Gasteiger partial charge in [-0.3, -0.25) is 0 Å². The van der Waals surface area contributed by atoms with Gasteiger partial charge in [-0.15, -0.1) is 0 Å². The molecule has 2 aromatic carbocycles. The van der Waals surface area contributed by atoms with Gasteiger partial charge in [0.05, 0.1) is 7.11 Å². The van der Waals surface area contributed by atoms with E-state index in [-0.39, 0.29) is 18.8 Å². The van der Waals surface area contributed by atoms with Gasteiger partial charge in [-0.2, -0.15) is 0 Å². The van der Waals surface area contributed by atoms with Gasteiger partial charge in [0.2, 0.25) is 6.79 Å². The minimum atomic E-state index is -0.0655. The van der Waals surface area contributed by atoms with Crippen molar-refractivity contribution in [3.8, 4) is 23.0 Å². The highest BCUT2D eigenvalue weighted by Crippen LogP contribution is 2.51. The van der Waals surface area contributed by atoms with Crippen LogP contribution in [0.5, 0.6) is 23.0 Å². The third-order valence-electron chi connectivity index (χ3n) is 4.60. The molecule has 0 amide bonds. The van der Waals surface area contributed by atoms with Crippen LogP contribution in [0.4, 0.5) is 0 Å². The number of hydrogen-bond acceptors (Lipinski definition) is 4. The van der Waals surface area contributed by atoms with Crippen molar-refractivity contribution in [3.63, 3.8) is 0 Å². The van der Waals surface area contributed by atoms with Crippen LogP contribution in [0.15, 0.2) is 36.4 Å². The lowest BCUT2D eigenvalue weighted by atomic mass is 9.91. The third-order valence-corrected chi connectivity index (χ3v) is 4.60. The fraction of sp³-hybridized carbons (Fsp3) is 0.300. The third kappa shape index (κ3) is 2.30. The highest BCUT2D eigenvalue weighted by Gasteiger charge is 2.35. The molecule has 4 heteroatoms. The summed E-state index contributed by atoms with van der Waals surface area (Å²) in [4.78, 5) is 0. The maximum Gasteiger partial charge on any atom is 0.231 e. The summed E-state index contributed by atoms with van der Waals surface area (Å²) in [5.74, 6) is 3.40. The number of benzene rings is 2. The minimum Gasteiger partial charge on any atom is -0.493 e. The monoisotopic (exact) mass is 324 g/mol. The molecule has 2 unspecified atom stereocenters. The molecular formula is C20H20O4. The Kier molecular flexibility index (Phi) is 3.60. The van der Waals surface area contributed by atoms with Crippen LogP contribution < -0.4 is 18.9 Å². The first kappa shape index (κ1) is 14.9. The molecule has 2 aliphatic heterocycles. The number of methoxy groups -OCH3 is 1. The average Bonchev–Trinajstić information content (AvgIpc) is 3.19. The summed E-state index contributed by atoms with van der Waals surface area (Å²) in [7, 11) is 1.68. The molecule has 0 saturated heterocycles. The van der Waals surface area contributed by atoms with Gasteiger partial charge >= 0.3 is 0 Å². The zero-order valence-corrected chi connectivity index (χ0v) is 14.0. The summed E-state index contributed by atoms with van der Waals surface area (Å²) in [5, 5.41) is 0. The number of allylic oxidation sites excluding steroid dienone is 1. The molecule has 124 valence electrons. The van der Waals surface area contributed by atoms with Gasteiger partial charge in [0.1, 0.15) is 6.10 Å². The zero-order valence-electron chi connectivity index (χ0n) is 14.0. The quantitative estimate of drug-likeness (QED) is 0.820. The normalized spacial score (nSPS) is 21.0. The second-order valence-corrected chi connectivity index (χ2v) is 6.08. The molecule has 0 spiro atoms. The Hall–Kier alpha value is -2.62. The van der Waals surface area contributed by atoms with E-state index in [1.54, 1.807) is 7.11 Å². The lowest BCUT2D eigenvalue weighted by Gasteiger charge is -2.16. The Morgan fingerprint density at radius 2 is 1.96 bits per heavy atom. The van der Waals surface area contributed by atoms with Crippen molar-refractivity contribution in [2.24, 2.45) is 0 Å². The van der Waals surface area contributed by atoms with E-state index in [0.29, 0.717) is 0 Å². The molecule has 4 rings (SSSR count). The molecule has 0 fully saturated rings. The van der Waals surface area contributed by atoms with Gasteiger partial charge in [-0.1, -0.05) is 25.1 Å². The maximum absolute atomic E-state index is 6.27. The molecule has 0 aliphatic carbocycles. The number of hydrogen-bond donors (Lipinski definition) is 0. The van der Waals surface area contributed by atoms with Crippen molar-refractivity contribution < 1.29 is 18.9 Å². The van der Waals surface area contributed by atoms with E-state index in [2.05, 4.69) is 19.1 Å². The fourth-order valence-corrected chi connectivity index (χ4v) is 3.39. The highest BCUT2D eigenvalue weighted by molar-refractivity contribution is 5.62. The van der Waals surface area contributed by atoms with Crippen molar-refractivity contribution in [2.75, 3.05) is 13.9 Å². The first-order valence-electron chi connectivity index (χ1n) is 8.12. The maximum atomic E-state index is 6.27. The molecule has 0 bridgehead atoms. The van der Waals surface area contributed by atoms with E-state index in [0.717, 1.165) is 34.1 Å². The fourth-order valence-electron chi connectivity index (χ4n) is 3.39. The Balaban J connectivity index is 1.73. The SMILES string of the molecule is C/C=C/c1cc(OC)c2c(c1)C(C)C(c1ccc3c(c1)OCO3)O2. The van der Waals surface area contributed by atoms with Crippen LogP contribution in [0.25, 0.3) is 6.08 Å². The Morgan fingerprint density at radius 3 is 2.75 bits per heavy atom. The van der Waals surface area contributed by atoms with Crippen molar-refractivity contribution in [1.82, 2.24) is 0 Å². The van der Waals surface area contributed by atoms with Crippen LogP contribution in [0.1, 0.15) is 42.6 Å². The second-order valence-electron chi connectivity index (χ2n) is 6.08. The smallest absolute Gasteiger partial charge is 0.231 e. The van der Waals surface area contributed by atoms with Crippen LogP contribution in [-0.4, -0.2) is 13.9 Å². The number of rotatable bonds is 3. The lowest BCUT2D eigenvalue weighted by molar-refractivity contribution is 0.173. The highest BCUT2D eigenvalue weighted by atomic mass is 16.7. The zero-order chi connectivity index (χ0) is 16.7. The standard InChI is InChI=1S/C20H20O4/c1-4-5-13-8-15-12(2)19(24-20(15)18(9-13)21-3)14-6-7-16-17(10-14)23-11-22-16/h4-10,12,19H,11H2,1-3H3/b5-4+. The van der Waals surface area contributed by atoms with E-state index in [1.807, 2.05) is 37.3 Å². The minimum absolute atomic E-state index is 0.0655. The molecular weight excluding hydrogens is 304 g/mol. The Morgan fingerprint density at radius 1 is 1.12 bits per heavy atom. The summed E-state index contributed by atoms with van der Waals surface area (Å²) in [5.41, 5.74) is 3.37. The van der Waals surface area contributed by atoms with E-state index in [9.17, 15) is 0 Å². The lowest BCUT2D eigenvalue weighted by Crippen LogP contribution is -2.07. The van der Waals surface area contributed by atoms with Gasteiger partial charge < -0.3 is 18.9 Å². The van der Waals surface area contributed by atoms with Crippen molar-refractivity contribution in [2.45, 2.75) is 25.9 Å². The first-order chi connectivity index (χ1) is 11.7. The molecule has 2 aromatic rings. The summed E-state index contributed by atoms with van der Waals surface area (Å²) in [6.45, 7) is 4.47. The van der Waals surface area contributed by atoms with E-state index in [1.165, 1.54) is 5.56 Å². The molecule has 0 aromatic heterocycles. The van der Waals surface area contributed by atoms with Crippen LogP contribution >= 0.6 is 0 Å². The molecule has 0 saturated carbocycles. The second kappa shape index (κ2) is 5.78. The molecule has 2 atom stereocenters. The van der Waals surface area contributed by atoms with E-state index >= 15 is 0 Å². The predicted octanol–water partition coefficient (Wildman–Crippen LogP) is 4.69. The number of fused-ring (bicyclic) bond motifs is 2. The molecule has 24 heavy (non-hydrogen) atoms. The van der Waals surface area contributed by atoms with Gasteiger partial charge in [-0.05, 0) is 42.3 Å². The summed E-state index contributed by atoms with van der Waals surface area (Å²) in [6, 6.07) is 10.2. The van der Waals surface area contributed by atoms with Gasteiger partial charge in [0, 0.05) is 11.5 Å². The Labute approximate surface area is 141 Å². The van der Waals surface area contributed by atoms with Gasteiger partial charge in [-0.25, -0.2) is 0 Å². The van der Waals surface area contributed by atoms with Crippen LogP contribution in [-0.2, 0) is 0 Å². The van der Waals surface area contributed by atoms with Gasteiger partial charge in [0.25, 0.3) is 0 Å². The molecule has 4 nitrogen and oxygen atoms in total. The van der Waals surface area contributed by atoms with Crippen molar-refractivity contribution in [3.05, 3.63) is 53.1 Å². The largest absolute Gasteiger partial charge is 0.493 e. The van der Waals surface area contributed by atoms with Crippen molar-refractivity contribution in [1.29, 1.82) is 0 Å². The molecule has 0 N–H and O–H groups in total. The molecule has 2 aliphatic rings. The topological polar surface area (TPSA) is 36.9 Å². The predicted molar refractivity (Wildman–Crippen MR) is 92.1 cm³/mol. The molecule has 0 radical (unpaired) electrons. The van der Waals surface area contributed by atoms with E-state index < -0.39 is 0 Å². The average molecular weight is 324 g/mol. The van der Waals surface area contributed by atoms with Gasteiger partial charge in [0.15, 0.2) is 23.0 Å². The van der Waals surface area contributed by atoms with E-state index in [4.69, 9.17) is 18.9 Å². The number of ether oxygens (including phenoxy) is 4. The summed E-state index contributed by atoms with van der Waals surface area (Å²) < 4.78 is 22.7. The van der Waals surface area contributed by atoms with Crippen LogP contribution in [0, 0.1) is 0 Å². The van der Waals surface area contributed by atoms with Crippen LogP contribution in [0.2, 0.25) is 0 Å². The summed E-state index contributed by atoms with van der Waals surface area (Å²) in [6.07, 6.45) is 4.03. The van der Waals surface area contributed by atoms with Crippen LogP contribution in [0.3, 0.4) is 0 Å². The Bertz CT molecular complexity index is 810. The van der Waals surface area contributed by atoms with Crippen molar-refractivity contribution >= 4 is 6.08 Å². The summed E-state index contributed by atoms with van der Waals surface area (Å²) >= 11 is 0.